The summed E-state index contributed by atoms with van der Waals surface area (Å²) in [6.07, 6.45) is 2.04. The van der Waals surface area contributed by atoms with Crippen LogP contribution in [0.15, 0.2) is 54.1 Å². The lowest BCUT2D eigenvalue weighted by atomic mass is 10.0. The van der Waals surface area contributed by atoms with Gasteiger partial charge in [0.2, 0.25) is 0 Å². The molecule has 1 aromatic heterocycles. The number of nitrogens with one attached hydrogen (secondary N) is 1. The van der Waals surface area contributed by atoms with Crippen molar-refractivity contribution in [2.24, 2.45) is 0 Å². The van der Waals surface area contributed by atoms with Crippen molar-refractivity contribution in [1.82, 2.24) is 9.97 Å². The Bertz CT molecular complexity index is 806. The van der Waals surface area contributed by atoms with E-state index in [4.69, 9.17) is 14.5 Å². The van der Waals surface area contributed by atoms with Crippen LogP contribution < -0.4 is 9.47 Å². The van der Waals surface area contributed by atoms with Crippen LogP contribution in [0.3, 0.4) is 0 Å². The maximum absolute atomic E-state index is 5.25. The van der Waals surface area contributed by atoms with E-state index in [-0.39, 0.29) is 0 Å². The molecule has 0 aliphatic rings. The number of hydrogen-bond acceptors (Lipinski definition) is 3. The Morgan fingerprint density at radius 1 is 0.840 bits per heavy atom. The maximum Gasteiger partial charge on any atom is 0.131 e. The first-order valence-corrected chi connectivity index (χ1v) is 8.14. The first kappa shape index (κ1) is 16.8. The first-order valence-electron chi connectivity index (χ1n) is 8.14. The van der Waals surface area contributed by atoms with Gasteiger partial charge in [-0.3, -0.25) is 0 Å². The number of ether oxygens (including phenoxy) is 2. The zero-order chi connectivity index (χ0) is 17.8. The minimum atomic E-state index is 0.829. The molecule has 0 bridgehead atoms. The van der Waals surface area contributed by atoms with E-state index in [1.807, 2.05) is 54.6 Å². The number of methoxy groups -OCH3 is 2. The van der Waals surface area contributed by atoms with Crippen molar-refractivity contribution in [2.45, 2.75) is 13.8 Å². The van der Waals surface area contributed by atoms with Gasteiger partial charge >= 0.3 is 0 Å². The Labute approximate surface area is 148 Å². The minimum absolute atomic E-state index is 0.829. The Morgan fingerprint density at radius 2 is 1.36 bits per heavy atom. The SMILES string of the molecule is COc1ccc(-c2nc(C=C(C)C)[nH]c2-c2ccc(OC)cc2)cc1. The van der Waals surface area contributed by atoms with Gasteiger partial charge in [-0.1, -0.05) is 5.57 Å². The van der Waals surface area contributed by atoms with Crippen LogP contribution in [0.2, 0.25) is 0 Å². The molecule has 0 radical (unpaired) electrons. The fourth-order valence-electron chi connectivity index (χ4n) is 2.66. The Morgan fingerprint density at radius 3 is 1.84 bits per heavy atom. The Kier molecular flexibility index (Phi) is 4.89. The highest BCUT2D eigenvalue weighted by Crippen LogP contribution is 2.32. The number of allylic oxidation sites excluding steroid dienone is 1. The van der Waals surface area contributed by atoms with Crippen LogP contribution in [0.4, 0.5) is 0 Å². The van der Waals surface area contributed by atoms with Crippen LogP contribution in [0.25, 0.3) is 28.6 Å². The summed E-state index contributed by atoms with van der Waals surface area (Å²) in [4.78, 5) is 8.23. The van der Waals surface area contributed by atoms with Gasteiger partial charge in [0.15, 0.2) is 0 Å². The summed E-state index contributed by atoms with van der Waals surface area (Å²) in [7, 11) is 3.33. The summed E-state index contributed by atoms with van der Waals surface area (Å²) >= 11 is 0. The minimum Gasteiger partial charge on any atom is -0.497 e. The molecule has 0 aliphatic heterocycles. The van der Waals surface area contributed by atoms with Gasteiger partial charge in [-0.05, 0) is 68.5 Å². The summed E-state index contributed by atoms with van der Waals surface area (Å²) in [6, 6.07) is 15.9. The van der Waals surface area contributed by atoms with Crippen molar-refractivity contribution in [3.8, 4) is 34.0 Å². The molecule has 1 heterocycles. The summed E-state index contributed by atoms with van der Waals surface area (Å²) in [5.41, 5.74) is 5.20. The highest BCUT2D eigenvalue weighted by Gasteiger charge is 2.13. The van der Waals surface area contributed by atoms with Gasteiger partial charge in [0.1, 0.15) is 17.3 Å². The van der Waals surface area contributed by atoms with Crippen LogP contribution in [0, 0.1) is 0 Å². The van der Waals surface area contributed by atoms with Gasteiger partial charge in [-0.25, -0.2) is 4.98 Å². The molecule has 0 saturated heterocycles. The topological polar surface area (TPSA) is 47.1 Å². The molecule has 4 nitrogen and oxygen atoms in total. The molecule has 3 rings (SSSR count). The molecular weight excluding hydrogens is 312 g/mol. The number of aromatic nitrogens is 2. The third-order valence-corrected chi connectivity index (χ3v) is 3.89. The third kappa shape index (κ3) is 3.74. The second-order valence-electron chi connectivity index (χ2n) is 6.02. The molecule has 0 spiro atoms. The summed E-state index contributed by atoms with van der Waals surface area (Å²) < 4.78 is 10.5. The predicted molar refractivity (Wildman–Crippen MR) is 102 cm³/mol. The zero-order valence-electron chi connectivity index (χ0n) is 15.0. The lowest BCUT2D eigenvalue weighted by molar-refractivity contribution is 0.414. The molecule has 0 fully saturated rings. The van der Waals surface area contributed by atoms with E-state index in [0.29, 0.717) is 0 Å². The van der Waals surface area contributed by atoms with E-state index in [2.05, 4.69) is 18.8 Å². The van der Waals surface area contributed by atoms with E-state index < -0.39 is 0 Å². The van der Waals surface area contributed by atoms with Gasteiger partial charge in [-0.15, -0.1) is 0 Å². The highest BCUT2D eigenvalue weighted by atomic mass is 16.5. The van der Waals surface area contributed by atoms with Gasteiger partial charge in [0, 0.05) is 11.1 Å². The second kappa shape index (κ2) is 7.26. The van der Waals surface area contributed by atoms with E-state index in [0.717, 1.165) is 39.8 Å². The standard InChI is InChI=1S/C21H22N2O2/c1-14(2)13-19-22-20(15-5-9-17(24-3)10-6-15)21(23-19)16-7-11-18(25-4)12-8-16/h5-13H,1-4H3,(H,22,23). The molecule has 0 amide bonds. The Hall–Kier alpha value is -3.01. The molecule has 4 heteroatoms. The first-order chi connectivity index (χ1) is 12.1. The lowest BCUT2D eigenvalue weighted by Crippen LogP contribution is -1.87. The van der Waals surface area contributed by atoms with E-state index in [9.17, 15) is 0 Å². The summed E-state index contributed by atoms with van der Waals surface area (Å²) in [5, 5.41) is 0. The van der Waals surface area contributed by atoms with E-state index in [1.54, 1.807) is 14.2 Å². The van der Waals surface area contributed by atoms with Crippen LogP contribution in [0.5, 0.6) is 11.5 Å². The smallest absolute Gasteiger partial charge is 0.131 e. The third-order valence-electron chi connectivity index (χ3n) is 3.89. The van der Waals surface area contributed by atoms with Gasteiger partial charge in [-0.2, -0.15) is 0 Å². The number of aromatic amines is 1. The lowest BCUT2D eigenvalue weighted by Gasteiger charge is -2.06. The molecule has 3 aromatic rings. The predicted octanol–water partition coefficient (Wildman–Crippen LogP) is 5.18. The maximum atomic E-state index is 5.25. The van der Waals surface area contributed by atoms with Crippen molar-refractivity contribution in [3.05, 3.63) is 59.9 Å². The highest BCUT2D eigenvalue weighted by molar-refractivity contribution is 5.80. The molecule has 1 N–H and O–H groups in total. The van der Waals surface area contributed by atoms with Crippen molar-refractivity contribution < 1.29 is 9.47 Å². The van der Waals surface area contributed by atoms with Crippen LogP contribution >= 0.6 is 0 Å². The van der Waals surface area contributed by atoms with Crippen molar-refractivity contribution in [2.75, 3.05) is 14.2 Å². The fraction of sp³-hybridized carbons (Fsp3) is 0.190. The molecule has 0 atom stereocenters. The van der Waals surface area contributed by atoms with Crippen LogP contribution in [0.1, 0.15) is 19.7 Å². The van der Waals surface area contributed by atoms with Crippen molar-refractivity contribution in [1.29, 1.82) is 0 Å². The number of H-pyrrole nitrogens is 1. The number of rotatable bonds is 5. The largest absolute Gasteiger partial charge is 0.497 e. The molecule has 0 aliphatic carbocycles. The average Bonchev–Trinajstić information content (AvgIpc) is 3.05. The second-order valence-corrected chi connectivity index (χ2v) is 6.02. The molecule has 0 unspecified atom stereocenters. The summed E-state index contributed by atoms with van der Waals surface area (Å²) in [6.45, 7) is 4.12. The molecular formula is C21H22N2O2. The number of nitrogens with zero attached hydrogens (tertiary/aromatic N) is 1. The Balaban J connectivity index is 2.10. The van der Waals surface area contributed by atoms with E-state index >= 15 is 0 Å². The van der Waals surface area contributed by atoms with Gasteiger partial charge < -0.3 is 14.5 Å². The molecule has 0 saturated carbocycles. The number of benzene rings is 2. The quantitative estimate of drug-likeness (QED) is 0.699. The number of hydrogen-bond donors (Lipinski definition) is 1. The van der Waals surface area contributed by atoms with Crippen LogP contribution in [-0.4, -0.2) is 24.2 Å². The monoisotopic (exact) mass is 334 g/mol. The van der Waals surface area contributed by atoms with Crippen molar-refractivity contribution >= 4 is 6.08 Å². The van der Waals surface area contributed by atoms with Crippen molar-refractivity contribution in [3.63, 3.8) is 0 Å². The zero-order valence-corrected chi connectivity index (χ0v) is 15.0. The van der Waals surface area contributed by atoms with E-state index in [1.165, 1.54) is 5.57 Å². The number of imidazole rings is 1. The van der Waals surface area contributed by atoms with Gasteiger partial charge in [0.25, 0.3) is 0 Å². The molecule has 2 aromatic carbocycles. The fourth-order valence-corrected chi connectivity index (χ4v) is 2.66. The molecule has 25 heavy (non-hydrogen) atoms. The molecule has 128 valence electrons. The normalized spacial score (nSPS) is 10.4. The van der Waals surface area contributed by atoms with Crippen LogP contribution in [-0.2, 0) is 0 Å². The average molecular weight is 334 g/mol. The summed E-state index contributed by atoms with van der Waals surface area (Å²) in [5.74, 6) is 2.50. The van der Waals surface area contributed by atoms with Gasteiger partial charge in [0.05, 0.1) is 25.6 Å².